The van der Waals surface area contributed by atoms with Crippen LogP contribution in [0, 0.1) is 29.6 Å². The van der Waals surface area contributed by atoms with E-state index in [1.807, 2.05) is 34.6 Å². The van der Waals surface area contributed by atoms with Crippen molar-refractivity contribution in [2.75, 3.05) is 19.3 Å². The Morgan fingerprint density at radius 1 is 0.584 bits per heavy atom. The number of amidine groups is 1. The van der Waals surface area contributed by atoms with Crippen LogP contribution in [0.25, 0.3) is 0 Å². The molecule has 13 N–H and O–H groups in total. The summed E-state index contributed by atoms with van der Waals surface area (Å²) < 4.78 is 5.62. The van der Waals surface area contributed by atoms with Crippen LogP contribution in [0.5, 0.6) is 11.5 Å². The maximum Gasteiger partial charge on any atom is 0.333 e. The van der Waals surface area contributed by atoms with Gasteiger partial charge in [-0.25, -0.2) is 4.79 Å². The van der Waals surface area contributed by atoms with Gasteiger partial charge in [0.15, 0.2) is 5.78 Å². The summed E-state index contributed by atoms with van der Waals surface area (Å²) >= 11 is 0. The molecule has 89 heavy (non-hydrogen) atoms. The summed E-state index contributed by atoms with van der Waals surface area (Å²) in [6.45, 7) is 19.5. The van der Waals surface area contributed by atoms with Crippen molar-refractivity contribution in [3.63, 3.8) is 0 Å². The van der Waals surface area contributed by atoms with Gasteiger partial charge >= 0.3 is 17.9 Å². The molecular formula is C62H96N10O15S2. The van der Waals surface area contributed by atoms with Gasteiger partial charge in [0.25, 0.3) is 0 Å². The fourth-order valence-electron chi connectivity index (χ4n) is 9.29. The second-order valence-electron chi connectivity index (χ2n) is 23.6. The number of aromatic hydroxyl groups is 1. The topological polar surface area (TPSA) is 392 Å². The molecule has 2 rings (SSSR count). The van der Waals surface area contributed by atoms with Gasteiger partial charge in [0.2, 0.25) is 41.4 Å². The van der Waals surface area contributed by atoms with E-state index in [-0.39, 0.29) is 92.5 Å². The highest BCUT2D eigenvalue weighted by Gasteiger charge is 2.37. The lowest BCUT2D eigenvalue weighted by molar-refractivity contribution is -0.141. The summed E-state index contributed by atoms with van der Waals surface area (Å²) in [5.74, 6) is -10.4. The summed E-state index contributed by atoms with van der Waals surface area (Å²) in [4.78, 5) is 156. The lowest BCUT2D eigenvalue weighted by atomic mass is 9.89. The van der Waals surface area contributed by atoms with Gasteiger partial charge in [-0.2, -0.15) is 0 Å². The van der Waals surface area contributed by atoms with Gasteiger partial charge < -0.3 is 68.3 Å². The molecular weight excluding hydrogens is 1190 g/mol. The lowest BCUT2D eigenvalue weighted by Gasteiger charge is -2.29. The number of likely N-dealkylation sites (N-methyl/N-ethyl adjacent to an activating group) is 1. The average molecular weight is 1290 g/mol. The van der Waals surface area contributed by atoms with E-state index in [2.05, 4.69) is 47.5 Å². The molecule has 0 saturated heterocycles. The molecule has 0 heterocycles. The fourth-order valence-corrected chi connectivity index (χ4v) is 11.0. The summed E-state index contributed by atoms with van der Waals surface area (Å²) in [6.07, 6.45) is -2.25. The normalized spacial score (nSPS) is 14.6. The predicted molar refractivity (Wildman–Crippen MR) is 341 cm³/mol. The summed E-state index contributed by atoms with van der Waals surface area (Å²) in [6, 6.07) is 2.47. The van der Waals surface area contributed by atoms with E-state index < -0.39 is 145 Å². The molecule has 2 unspecified atom stereocenters. The first-order valence-corrected chi connectivity index (χ1v) is 32.6. The van der Waals surface area contributed by atoms with Crippen molar-refractivity contribution in [2.45, 2.75) is 200 Å². The lowest BCUT2D eigenvalue weighted by Crippen LogP contribution is -2.60. The Morgan fingerprint density at radius 2 is 1.06 bits per heavy atom. The summed E-state index contributed by atoms with van der Waals surface area (Å²) in [7, 11) is 4.55. The number of carboxylic acids is 2. The molecule has 2 aromatic rings. The Bertz CT molecular complexity index is 2710. The van der Waals surface area contributed by atoms with Crippen LogP contribution in [0.15, 0.2) is 58.4 Å². The molecule has 9 atom stereocenters. The van der Waals surface area contributed by atoms with E-state index in [0.717, 1.165) is 5.75 Å². The first kappa shape index (κ1) is 77.8. The highest BCUT2D eigenvalue weighted by molar-refractivity contribution is 8.76. The molecule has 0 aliphatic carbocycles. The highest BCUT2D eigenvalue weighted by Crippen LogP contribution is 2.37. The van der Waals surface area contributed by atoms with E-state index in [1.54, 1.807) is 65.9 Å². The maximum atomic E-state index is 14.8. The number of carbonyl (C=O) groups is 11. The van der Waals surface area contributed by atoms with Gasteiger partial charge in [0, 0.05) is 43.9 Å². The van der Waals surface area contributed by atoms with Gasteiger partial charge in [-0.3, -0.25) is 52.9 Å². The Morgan fingerprint density at radius 3 is 1.58 bits per heavy atom. The van der Waals surface area contributed by atoms with Crippen LogP contribution in [0.4, 0.5) is 0 Å². The molecule has 25 nitrogen and oxygen atoms in total. The number of nitrogens with two attached hydrogens (primary N) is 1. The maximum absolute atomic E-state index is 14.8. The number of benzene rings is 2. The molecule has 0 saturated carbocycles. The van der Waals surface area contributed by atoms with Crippen molar-refractivity contribution in [3.05, 3.63) is 54.1 Å². The van der Waals surface area contributed by atoms with E-state index in [0.29, 0.717) is 10.5 Å². The van der Waals surface area contributed by atoms with E-state index >= 15 is 0 Å². The van der Waals surface area contributed by atoms with Crippen LogP contribution < -0.4 is 53.0 Å². The molecule has 7 amide bonds. The SMILES string of the molecule is CCSSc1ccccc1OC(=O)[C@H](C)NC(=O)[C@H](CCC(=O)O)NC(=O)[C@H](CC(C)C)NC(=O)[C@H](CC(C)C)NC(=O)C(Cc1ccc(O)cc1)NC(=O)[C@H](CCCN=C(C)N)NC(=O)C(CCC(=O)O)CC(=O)[C@H](CC(C)C)NC(=O)[C@@H](NC)C(C)C. The van der Waals surface area contributed by atoms with Gasteiger partial charge in [0.05, 0.1) is 22.8 Å². The van der Waals surface area contributed by atoms with Crippen LogP contribution in [0.1, 0.15) is 146 Å². The quantitative estimate of drug-likeness (QED) is 0.0108. The smallest absolute Gasteiger partial charge is 0.333 e. The van der Waals surface area contributed by atoms with Crippen LogP contribution in [-0.2, 0) is 59.2 Å². The number of para-hydroxylation sites is 1. The summed E-state index contributed by atoms with van der Waals surface area (Å²) in [5.41, 5.74) is 6.24. The number of nitrogens with one attached hydrogen (secondary N) is 8. The van der Waals surface area contributed by atoms with Crippen LogP contribution >= 0.6 is 21.6 Å². The zero-order valence-corrected chi connectivity index (χ0v) is 55.0. The van der Waals surface area contributed by atoms with Crippen molar-refractivity contribution in [1.29, 1.82) is 0 Å². The number of ether oxygens (including phenoxy) is 1. The van der Waals surface area contributed by atoms with Gasteiger partial charge in [-0.15, -0.1) is 0 Å². The fraction of sp³-hybridized carbons (Fsp3) is 0.613. The molecule has 0 aromatic heterocycles. The zero-order valence-electron chi connectivity index (χ0n) is 53.4. The van der Waals surface area contributed by atoms with E-state index in [9.17, 15) is 68.1 Å². The van der Waals surface area contributed by atoms with Crippen LogP contribution in [0.2, 0.25) is 0 Å². The number of amides is 7. The van der Waals surface area contributed by atoms with E-state index in [1.165, 1.54) is 52.8 Å². The number of carboxylic acid groups (broad SMARTS) is 2. The Balaban J connectivity index is 2.57. The highest BCUT2D eigenvalue weighted by atomic mass is 33.1. The molecule has 0 aliphatic rings. The zero-order chi connectivity index (χ0) is 67.1. The number of aliphatic imine (C=N–C) groups is 1. The van der Waals surface area contributed by atoms with E-state index in [4.69, 9.17) is 10.5 Å². The molecule has 0 aliphatic heterocycles. The summed E-state index contributed by atoms with van der Waals surface area (Å²) in [5, 5.41) is 51.1. The number of carbonyl (C=O) groups excluding carboxylic acids is 9. The largest absolute Gasteiger partial charge is 0.508 e. The van der Waals surface area contributed by atoms with Crippen molar-refractivity contribution >= 4 is 92.5 Å². The standard InChI is InChI=1S/C62H96N10O15S2/c1-13-88-89-51-19-15-14-18-50(51)87-62(86)38(10)66-56(80)44(25-27-53(77)78)68-58(82)46(30-35(4)5)70-59(83)47(31-36(6)7)71-60(84)48(32-40-20-23-42(73)24-21-40)72-57(81)43(17-16-28-65-39(11)63)67-55(79)41(22-26-52(75)76)33-49(74)45(29-34(2)3)69-61(85)54(64-12)37(8)9/h14-15,18-21,23-24,34-38,41,43-48,54,64,73H,13,16-17,22,25-33H2,1-12H3,(H2,63,65)(H,66,80)(H,67,79)(H,68,82)(H,69,85)(H,70,83)(H,71,84)(H,72,81)(H,75,76)(H,77,78)/t38-,41?,43-,44-,45-,46-,47-,48?,54-/m0/s1. The number of aliphatic carboxylic acids is 2. The van der Waals surface area contributed by atoms with Crippen molar-refractivity contribution < 1.29 is 72.8 Å². The third kappa shape index (κ3) is 30.2. The Hall–Kier alpha value is -7.26. The van der Waals surface area contributed by atoms with Crippen molar-refractivity contribution in [3.8, 4) is 11.5 Å². The monoisotopic (exact) mass is 1280 g/mol. The number of Topliss-reactive ketones (excluding diaryl/α,β-unsaturated/α-hetero) is 1. The van der Waals surface area contributed by atoms with Gasteiger partial charge in [-0.05, 0) is 119 Å². The third-order valence-corrected chi connectivity index (χ3v) is 16.3. The molecule has 27 heteroatoms. The number of ketones is 1. The van der Waals surface area contributed by atoms with Crippen molar-refractivity contribution in [2.24, 2.45) is 40.3 Å². The number of phenols is 1. The Kier molecular flexibility index (Phi) is 35.3. The van der Waals surface area contributed by atoms with Gasteiger partial charge in [-0.1, -0.05) is 108 Å². The molecule has 0 fully saturated rings. The molecule has 0 radical (unpaired) electrons. The van der Waals surface area contributed by atoms with Gasteiger partial charge in [0.1, 0.15) is 47.8 Å². The number of esters is 1. The number of phenolic OH excluding ortho intramolecular Hbond substituents is 1. The second-order valence-corrected chi connectivity index (χ2v) is 26.2. The first-order chi connectivity index (χ1) is 41.8. The minimum absolute atomic E-state index is 0.00225. The number of hydrogen-bond donors (Lipinski definition) is 12. The Labute approximate surface area is 530 Å². The minimum atomic E-state index is -1.51. The van der Waals surface area contributed by atoms with Crippen LogP contribution in [0.3, 0.4) is 0 Å². The minimum Gasteiger partial charge on any atom is -0.508 e. The molecule has 496 valence electrons. The molecule has 2 aromatic carbocycles. The third-order valence-electron chi connectivity index (χ3n) is 13.9. The molecule has 0 bridgehead atoms. The predicted octanol–water partition coefficient (Wildman–Crippen LogP) is 4.56. The number of hydrogen-bond acceptors (Lipinski definition) is 17. The first-order valence-electron chi connectivity index (χ1n) is 30.3. The second kappa shape index (κ2) is 40.4. The number of rotatable bonds is 42. The van der Waals surface area contributed by atoms with Crippen molar-refractivity contribution in [1.82, 2.24) is 42.5 Å². The average Bonchev–Trinajstić information content (AvgIpc) is 3.67. The van der Waals surface area contributed by atoms with Crippen LogP contribution in [-0.4, -0.2) is 154 Å². The molecule has 0 spiro atoms. The number of nitrogens with zero attached hydrogens (tertiary/aromatic N) is 1.